The maximum Gasteiger partial charge on any atom is 0.128 e. The predicted molar refractivity (Wildman–Crippen MR) is 117 cm³/mol. The molecule has 1 rings (SSSR count). The van der Waals surface area contributed by atoms with Gasteiger partial charge in [0.2, 0.25) is 0 Å². The Labute approximate surface area is 168 Å². The number of hydrogen-bond donors (Lipinski definition) is 1. The van der Waals surface area contributed by atoms with Crippen LogP contribution in [0.25, 0.3) is 0 Å². The molecular formula is C25H44O2. The molecule has 1 aromatic carbocycles. The van der Waals surface area contributed by atoms with Crippen molar-refractivity contribution in [2.24, 2.45) is 0 Å². The Bertz CT molecular complexity index is 411. The van der Waals surface area contributed by atoms with Crippen molar-refractivity contribution in [1.82, 2.24) is 0 Å². The number of hydrogen-bond acceptors (Lipinski definition) is 2. The van der Waals surface area contributed by atoms with Crippen molar-refractivity contribution in [3.05, 3.63) is 35.9 Å². The summed E-state index contributed by atoms with van der Waals surface area (Å²) in [6.45, 7) is 4.52. The van der Waals surface area contributed by atoms with E-state index in [1.807, 2.05) is 6.07 Å². The van der Waals surface area contributed by atoms with Gasteiger partial charge in [0.05, 0.1) is 0 Å². The molecule has 0 radical (unpaired) electrons. The van der Waals surface area contributed by atoms with E-state index in [1.165, 1.54) is 77.0 Å². The van der Waals surface area contributed by atoms with E-state index < -0.39 is 5.60 Å². The molecule has 2 nitrogen and oxygen atoms in total. The lowest BCUT2D eigenvalue weighted by atomic mass is 9.83. The molecule has 2 heteroatoms. The van der Waals surface area contributed by atoms with Gasteiger partial charge in [-0.25, -0.2) is 4.89 Å². The second-order valence-corrected chi connectivity index (χ2v) is 8.19. The van der Waals surface area contributed by atoms with Gasteiger partial charge in [0.25, 0.3) is 0 Å². The summed E-state index contributed by atoms with van der Waals surface area (Å²) >= 11 is 0. The largest absolute Gasteiger partial charge is 0.251 e. The molecule has 0 amide bonds. The lowest BCUT2D eigenvalue weighted by molar-refractivity contribution is -0.334. The molecule has 0 saturated heterocycles. The van der Waals surface area contributed by atoms with Crippen LogP contribution in [0, 0.1) is 0 Å². The molecule has 156 valence electrons. The first-order valence-corrected chi connectivity index (χ1v) is 11.7. The van der Waals surface area contributed by atoms with Gasteiger partial charge in [-0.2, -0.15) is 0 Å². The first-order chi connectivity index (χ1) is 13.3. The third kappa shape index (κ3) is 10.3. The van der Waals surface area contributed by atoms with Crippen LogP contribution in [-0.4, -0.2) is 5.26 Å². The normalized spacial score (nSPS) is 11.8. The summed E-state index contributed by atoms with van der Waals surface area (Å²) < 4.78 is 0. The summed E-state index contributed by atoms with van der Waals surface area (Å²) in [6.07, 6.45) is 19.8. The molecule has 0 heterocycles. The summed E-state index contributed by atoms with van der Waals surface area (Å²) in [4.78, 5) is 5.21. The van der Waals surface area contributed by atoms with Crippen molar-refractivity contribution in [2.75, 3.05) is 0 Å². The van der Waals surface area contributed by atoms with Crippen LogP contribution in [0.2, 0.25) is 0 Å². The first-order valence-electron chi connectivity index (χ1n) is 11.7. The predicted octanol–water partition coefficient (Wildman–Crippen LogP) is 8.65. The quantitative estimate of drug-likeness (QED) is 0.158. The highest BCUT2D eigenvalue weighted by Crippen LogP contribution is 2.36. The van der Waals surface area contributed by atoms with Gasteiger partial charge in [0, 0.05) is 0 Å². The van der Waals surface area contributed by atoms with Gasteiger partial charge in [0.1, 0.15) is 5.60 Å². The van der Waals surface area contributed by atoms with Crippen molar-refractivity contribution in [3.8, 4) is 0 Å². The lowest BCUT2D eigenvalue weighted by Gasteiger charge is -2.31. The first kappa shape index (κ1) is 24.2. The summed E-state index contributed by atoms with van der Waals surface area (Å²) in [5, 5.41) is 9.88. The van der Waals surface area contributed by atoms with Gasteiger partial charge in [-0.3, -0.25) is 5.26 Å². The molecule has 0 aliphatic carbocycles. The highest BCUT2D eigenvalue weighted by molar-refractivity contribution is 5.22. The summed E-state index contributed by atoms with van der Waals surface area (Å²) in [7, 11) is 0. The molecule has 0 aliphatic heterocycles. The number of benzene rings is 1. The van der Waals surface area contributed by atoms with Crippen LogP contribution in [0.1, 0.15) is 122 Å². The Morgan fingerprint density at radius 1 is 0.630 bits per heavy atom. The number of unbranched alkanes of at least 4 members (excludes halogenated alkanes) is 12. The zero-order chi connectivity index (χ0) is 19.6. The molecule has 0 fully saturated rings. The fourth-order valence-corrected chi connectivity index (χ4v) is 4.03. The zero-order valence-corrected chi connectivity index (χ0v) is 18.1. The molecule has 0 saturated carbocycles. The average molecular weight is 377 g/mol. The maximum absolute atomic E-state index is 9.88. The second kappa shape index (κ2) is 16.1. The fourth-order valence-electron chi connectivity index (χ4n) is 4.03. The van der Waals surface area contributed by atoms with E-state index in [1.54, 1.807) is 0 Å². The Balaban J connectivity index is 2.46. The van der Waals surface area contributed by atoms with Crippen LogP contribution in [0.4, 0.5) is 0 Å². The van der Waals surface area contributed by atoms with Crippen molar-refractivity contribution >= 4 is 0 Å². The van der Waals surface area contributed by atoms with E-state index in [4.69, 9.17) is 4.89 Å². The highest BCUT2D eigenvalue weighted by atomic mass is 17.1. The molecule has 0 aliphatic rings. The molecule has 0 aromatic heterocycles. The minimum absolute atomic E-state index is 0.520. The number of rotatable bonds is 18. The van der Waals surface area contributed by atoms with Gasteiger partial charge < -0.3 is 0 Å². The van der Waals surface area contributed by atoms with Crippen LogP contribution in [0.15, 0.2) is 30.3 Å². The SMILES string of the molecule is CCCCCCCCCC(CCCCCCCCC)(OO)c1ccccc1. The zero-order valence-electron chi connectivity index (χ0n) is 18.1. The Morgan fingerprint density at radius 2 is 1.04 bits per heavy atom. The van der Waals surface area contributed by atoms with Gasteiger partial charge in [-0.1, -0.05) is 134 Å². The van der Waals surface area contributed by atoms with Gasteiger partial charge in [0.15, 0.2) is 0 Å². The van der Waals surface area contributed by atoms with Crippen LogP contribution in [0.5, 0.6) is 0 Å². The van der Waals surface area contributed by atoms with Gasteiger partial charge >= 0.3 is 0 Å². The van der Waals surface area contributed by atoms with Crippen LogP contribution >= 0.6 is 0 Å². The summed E-state index contributed by atoms with van der Waals surface area (Å²) in [5.74, 6) is 0. The van der Waals surface area contributed by atoms with E-state index in [0.717, 1.165) is 31.2 Å². The summed E-state index contributed by atoms with van der Waals surface area (Å²) in [5.41, 5.74) is 0.609. The minimum Gasteiger partial charge on any atom is -0.251 e. The molecule has 1 aromatic rings. The van der Waals surface area contributed by atoms with Crippen LogP contribution in [0.3, 0.4) is 0 Å². The lowest BCUT2D eigenvalue weighted by Crippen LogP contribution is -2.29. The Hall–Kier alpha value is -0.860. The standard InChI is InChI=1S/C25H44O2/c1-3-5-7-9-11-13-18-22-25(27-26,24-20-16-15-17-21-24)23-19-14-12-10-8-6-4-2/h15-17,20-21,26H,3-14,18-19,22-23H2,1-2H3. The van der Waals surface area contributed by atoms with Crippen molar-refractivity contribution in [1.29, 1.82) is 0 Å². The maximum atomic E-state index is 9.88. The van der Waals surface area contributed by atoms with E-state index in [-0.39, 0.29) is 0 Å². The Morgan fingerprint density at radius 3 is 1.44 bits per heavy atom. The highest BCUT2D eigenvalue weighted by Gasteiger charge is 2.32. The second-order valence-electron chi connectivity index (χ2n) is 8.19. The van der Waals surface area contributed by atoms with Crippen LogP contribution in [-0.2, 0) is 10.5 Å². The molecular weight excluding hydrogens is 332 g/mol. The molecule has 0 spiro atoms. The summed E-state index contributed by atoms with van der Waals surface area (Å²) in [6, 6.07) is 10.4. The fraction of sp³-hybridized carbons (Fsp3) is 0.760. The third-order valence-corrected chi connectivity index (χ3v) is 5.84. The van der Waals surface area contributed by atoms with Crippen molar-refractivity contribution in [2.45, 2.75) is 122 Å². The molecule has 0 bridgehead atoms. The Kier molecular flexibility index (Phi) is 14.4. The molecule has 1 N–H and O–H groups in total. The smallest absolute Gasteiger partial charge is 0.128 e. The van der Waals surface area contributed by atoms with E-state index in [0.29, 0.717) is 0 Å². The molecule has 0 atom stereocenters. The van der Waals surface area contributed by atoms with E-state index in [2.05, 4.69) is 38.1 Å². The van der Waals surface area contributed by atoms with E-state index >= 15 is 0 Å². The average Bonchev–Trinajstić information content (AvgIpc) is 2.71. The van der Waals surface area contributed by atoms with Crippen molar-refractivity contribution in [3.63, 3.8) is 0 Å². The molecule has 0 unspecified atom stereocenters. The van der Waals surface area contributed by atoms with Crippen LogP contribution < -0.4 is 0 Å². The third-order valence-electron chi connectivity index (χ3n) is 5.84. The van der Waals surface area contributed by atoms with Crippen molar-refractivity contribution < 1.29 is 10.1 Å². The topological polar surface area (TPSA) is 29.5 Å². The molecule has 27 heavy (non-hydrogen) atoms. The van der Waals surface area contributed by atoms with Gasteiger partial charge in [-0.05, 0) is 18.4 Å². The van der Waals surface area contributed by atoms with Gasteiger partial charge in [-0.15, -0.1) is 0 Å². The van der Waals surface area contributed by atoms with E-state index in [9.17, 15) is 5.26 Å². The monoisotopic (exact) mass is 376 g/mol. The minimum atomic E-state index is -0.520.